The Hall–Kier alpha value is -0.0900. The number of rotatable bonds is 5. The topological polar surface area (TPSA) is 73.8 Å². The van der Waals surface area contributed by atoms with E-state index in [0.29, 0.717) is 42.1 Å². The summed E-state index contributed by atoms with van der Waals surface area (Å²) in [5, 5.41) is 7.35. The van der Waals surface area contributed by atoms with Crippen LogP contribution in [0.25, 0.3) is 0 Å². The number of aliphatic imine (C=N–C) groups is 1. The lowest BCUT2D eigenvalue weighted by molar-refractivity contribution is 0.265. The largest absolute Gasteiger partial charge is 0.354 e. The molecule has 0 spiro atoms. The van der Waals surface area contributed by atoms with E-state index in [2.05, 4.69) is 36.3 Å². The normalized spacial score (nSPS) is 31.7. The fourth-order valence-corrected chi connectivity index (χ4v) is 6.45. The summed E-state index contributed by atoms with van der Waals surface area (Å²) in [5.41, 5.74) is 0. The van der Waals surface area contributed by atoms with Crippen LogP contribution in [0.3, 0.4) is 0 Å². The van der Waals surface area contributed by atoms with Crippen LogP contribution in [0.1, 0.15) is 59.3 Å². The van der Waals surface area contributed by atoms with E-state index in [4.69, 9.17) is 4.99 Å². The summed E-state index contributed by atoms with van der Waals surface area (Å²) in [6.45, 7) is 9.59. The first-order valence-electron chi connectivity index (χ1n) is 10.8. The zero-order valence-corrected chi connectivity index (χ0v) is 20.8. The van der Waals surface area contributed by atoms with Gasteiger partial charge in [-0.2, -0.15) is 0 Å². The Morgan fingerprint density at radius 1 is 1.11 bits per heavy atom. The summed E-state index contributed by atoms with van der Waals surface area (Å²) in [6, 6.07) is 1.46. The maximum absolute atomic E-state index is 11.7. The Bertz CT molecular complexity index is 620. The van der Waals surface area contributed by atoms with Gasteiger partial charge in [0.1, 0.15) is 0 Å². The minimum Gasteiger partial charge on any atom is -0.354 e. The number of nitrogens with zero attached hydrogens (tertiary/aromatic N) is 2. The van der Waals surface area contributed by atoms with Gasteiger partial charge >= 0.3 is 0 Å². The summed E-state index contributed by atoms with van der Waals surface area (Å²) in [7, 11) is -2.84. The molecule has 1 saturated carbocycles. The summed E-state index contributed by atoms with van der Waals surface area (Å²) in [4.78, 5) is 7.36. The van der Waals surface area contributed by atoms with E-state index in [1.54, 1.807) is 0 Å². The van der Waals surface area contributed by atoms with Crippen LogP contribution in [0.4, 0.5) is 0 Å². The average Bonchev–Trinajstić information content (AvgIpc) is 3.16. The molecule has 0 bridgehead atoms. The number of nitrogens with one attached hydrogen (secondary N) is 2. The lowest BCUT2D eigenvalue weighted by Gasteiger charge is -2.28. The number of hydrogen-bond donors (Lipinski definition) is 2. The standard InChI is InChI=1S/C20H38N4O2S.HI/c1-15(2)24-12-16(3)19(13-24)23-20(22-18-7-5-4-6-8-18)21-11-17-9-10-27(25,26)14-17;/h15-19H,4-14H2,1-3H3,(H2,21,22,23);1H. The first-order chi connectivity index (χ1) is 12.8. The molecular weight excluding hydrogens is 487 g/mol. The van der Waals surface area contributed by atoms with Crippen LogP contribution in [0, 0.1) is 11.8 Å². The van der Waals surface area contributed by atoms with Crippen molar-refractivity contribution in [2.24, 2.45) is 16.8 Å². The molecule has 0 aromatic carbocycles. The predicted octanol–water partition coefficient (Wildman–Crippen LogP) is 2.64. The van der Waals surface area contributed by atoms with Gasteiger partial charge < -0.3 is 10.6 Å². The molecule has 2 N–H and O–H groups in total. The van der Waals surface area contributed by atoms with Crippen molar-refractivity contribution in [1.82, 2.24) is 15.5 Å². The van der Waals surface area contributed by atoms with Gasteiger partial charge in [0.2, 0.25) is 0 Å². The van der Waals surface area contributed by atoms with Crippen molar-refractivity contribution < 1.29 is 8.42 Å². The zero-order chi connectivity index (χ0) is 19.4. The second kappa shape index (κ2) is 10.8. The van der Waals surface area contributed by atoms with E-state index in [1.165, 1.54) is 32.1 Å². The highest BCUT2D eigenvalue weighted by molar-refractivity contribution is 14.0. The molecule has 8 heteroatoms. The molecule has 0 aromatic rings. The Morgan fingerprint density at radius 2 is 1.82 bits per heavy atom. The van der Waals surface area contributed by atoms with E-state index >= 15 is 0 Å². The fourth-order valence-electron chi connectivity index (χ4n) is 4.60. The highest BCUT2D eigenvalue weighted by Crippen LogP contribution is 2.21. The maximum atomic E-state index is 11.7. The Labute approximate surface area is 188 Å². The van der Waals surface area contributed by atoms with Gasteiger partial charge in [-0.1, -0.05) is 26.2 Å². The second-order valence-corrected chi connectivity index (χ2v) is 11.4. The van der Waals surface area contributed by atoms with Crippen molar-refractivity contribution in [3.63, 3.8) is 0 Å². The maximum Gasteiger partial charge on any atom is 0.191 e. The van der Waals surface area contributed by atoms with Gasteiger partial charge in [-0.25, -0.2) is 8.42 Å². The highest BCUT2D eigenvalue weighted by atomic mass is 127. The summed E-state index contributed by atoms with van der Waals surface area (Å²) in [6.07, 6.45) is 7.07. The van der Waals surface area contributed by atoms with Crippen LogP contribution in [-0.4, -0.2) is 68.5 Å². The fraction of sp³-hybridized carbons (Fsp3) is 0.950. The van der Waals surface area contributed by atoms with Crippen molar-refractivity contribution in [1.29, 1.82) is 0 Å². The van der Waals surface area contributed by atoms with E-state index in [1.807, 2.05) is 0 Å². The molecule has 0 radical (unpaired) electrons. The summed E-state index contributed by atoms with van der Waals surface area (Å²) in [5.74, 6) is 2.28. The molecule has 0 amide bonds. The van der Waals surface area contributed by atoms with Gasteiger partial charge in [-0.15, -0.1) is 24.0 Å². The summed E-state index contributed by atoms with van der Waals surface area (Å²) >= 11 is 0. The van der Waals surface area contributed by atoms with Gasteiger partial charge in [0.05, 0.1) is 11.5 Å². The average molecular weight is 527 g/mol. The lowest BCUT2D eigenvalue weighted by atomic mass is 9.95. The molecule has 2 saturated heterocycles. The van der Waals surface area contributed by atoms with Crippen LogP contribution in [0.5, 0.6) is 0 Å². The van der Waals surface area contributed by atoms with Crippen molar-refractivity contribution in [2.45, 2.75) is 77.4 Å². The van der Waals surface area contributed by atoms with Gasteiger partial charge in [0.15, 0.2) is 15.8 Å². The first-order valence-corrected chi connectivity index (χ1v) is 12.7. The molecule has 3 fully saturated rings. The number of likely N-dealkylation sites (tertiary alicyclic amines) is 1. The third-order valence-electron chi connectivity index (χ3n) is 6.47. The Balaban J connectivity index is 0.00000280. The monoisotopic (exact) mass is 526 g/mol. The minimum absolute atomic E-state index is 0. The van der Waals surface area contributed by atoms with Crippen molar-refractivity contribution >= 4 is 39.8 Å². The molecule has 1 aliphatic carbocycles. The van der Waals surface area contributed by atoms with E-state index < -0.39 is 9.84 Å². The van der Waals surface area contributed by atoms with Crippen molar-refractivity contribution in [3.8, 4) is 0 Å². The lowest BCUT2D eigenvalue weighted by Crippen LogP contribution is -2.50. The second-order valence-electron chi connectivity index (χ2n) is 9.21. The smallest absolute Gasteiger partial charge is 0.191 e. The van der Waals surface area contributed by atoms with E-state index in [0.717, 1.165) is 25.5 Å². The van der Waals surface area contributed by atoms with Gasteiger partial charge in [0, 0.05) is 37.8 Å². The molecule has 164 valence electrons. The summed E-state index contributed by atoms with van der Waals surface area (Å²) < 4.78 is 23.5. The quantitative estimate of drug-likeness (QED) is 0.328. The van der Waals surface area contributed by atoms with Crippen LogP contribution in [0.15, 0.2) is 4.99 Å². The molecule has 3 aliphatic rings. The number of halogens is 1. The number of sulfone groups is 1. The van der Waals surface area contributed by atoms with Crippen LogP contribution >= 0.6 is 24.0 Å². The zero-order valence-electron chi connectivity index (χ0n) is 17.7. The third kappa shape index (κ3) is 7.00. The van der Waals surface area contributed by atoms with Gasteiger partial charge in [-0.05, 0) is 44.9 Å². The molecule has 3 atom stereocenters. The molecule has 2 aliphatic heterocycles. The molecule has 0 aromatic heterocycles. The van der Waals surface area contributed by atoms with E-state index in [9.17, 15) is 8.42 Å². The van der Waals surface area contributed by atoms with Crippen molar-refractivity contribution in [3.05, 3.63) is 0 Å². The van der Waals surface area contributed by atoms with Crippen molar-refractivity contribution in [2.75, 3.05) is 31.1 Å². The SMILES string of the molecule is CC1CN(C(C)C)CC1NC(=NCC1CCS(=O)(=O)C1)NC1CCCCC1.I. The first kappa shape index (κ1) is 24.2. The number of guanidine groups is 1. The van der Waals surface area contributed by atoms with Gasteiger partial charge in [0.25, 0.3) is 0 Å². The minimum atomic E-state index is -2.84. The van der Waals surface area contributed by atoms with Crippen LogP contribution in [0.2, 0.25) is 0 Å². The van der Waals surface area contributed by atoms with Crippen LogP contribution in [-0.2, 0) is 9.84 Å². The predicted molar refractivity (Wildman–Crippen MR) is 127 cm³/mol. The molecule has 2 heterocycles. The molecule has 28 heavy (non-hydrogen) atoms. The van der Waals surface area contributed by atoms with E-state index in [-0.39, 0.29) is 29.9 Å². The Morgan fingerprint density at radius 3 is 2.39 bits per heavy atom. The molecular formula is C20H39IN4O2S. The molecule has 3 rings (SSSR count). The molecule has 6 nitrogen and oxygen atoms in total. The van der Waals surface area contributed by atoms with Gasteiger partial charge in [-0.3, -0.25) is 9.89 Å². The van der Waals surface area contributed by atoms with Crippen LogP contribution < -0.4 is 10.6 Å². The molecule has 3 unspecified atom stereocenters. The third-order valence-corrected chi connectivity index (χ3v) is 8.31. The highest BCUT2D eigenvalue weighted by Gasteiger charge is 2.32. The Kier molecular flexibility index (Phi) is 9.32. The number of hydrogen-bond acceptors (Lipinski definition) is 4.